The van der Waals surface area contributed by atoms with Gasteiger partial charge in [0.05, 0.1) is 5.56 Å². The van der Waals surface area contributed by atoms with Gasteiger partial charge in [-0.2, -0.15) is 0 Å². The molecule has 3 amide bonds. The number of hydrogen-bond acceptors (Lipinski definition) is 5. The topological polar surface area (TPSA) is 111 Å². The number of nitrogens with one attached hydrogen (secondary N) is 2. The van der Waals surface area contributed by atoms with Crippen LogP contribution in [-0.4, -0.2) is 23.8 Å². The molecule has 0 saturated heterocycles. The molecule has 1 atom stereocenters. The minimum Gasteiger partial charge on any atom is -0.481 e. The number of ether oxygens (including phenoxy) is 1. The summed E-state index contributed by atoms with van der Waals surface area (Å²) in [5, 5.41) is 6.68. The maximum absolute atomic E-state index is 12.8. The number of carbonyl (C=O) groups excluding carboxylic acids is 3. The summed E-state index contributed by atoms with van der Waals surface area (Å²) in [6, 6.07) is 11.7. The molecule has 0 aliphatic heterocycles. The number of benzene rings is 2. The number of aryl methyl sites for hydroxylation is 2. The smallest absolute Gasteiger partial charge is 0.265 e. The summed E-state index contributed by atoms with van der Waals surface area (Å²) in [6.07, 6.45) is 2.99. The van der Waals surface area contributed by atoms with Gasteiger partial charge in [-0.15, -0.1) is 11.3 Å². The Morgan fingerprint density at radius 3 is 2.46 bits per heavy atom. The molecule has 2 aromatic carbocycles. The molecule has 0 bridgehead atoms. The molecule has 1 aliphatic carbocycles. The van der Waals surface area contributed by atoms with E-state index >= 15 is 0 Å². The number of halogens is 1. The van der Waals surface area contributed by atoms with Crippen molar-refractivity contribution in [2.45, 2.75) is 45.6 Å². The van der Waals surface area contributed by atoms with Crippen molar-refractivity contribution in [1.82, 2.24) is 0 Å². The van der Waals surface area contributed by atoms with E-state index in [2.05, 4.69) is 10.6 Å². The molecule has 0 spiro atoms. The average Bonchev–Trinajstić information content (AvgIpc) is 3.19. The van der Waals surface area contributed by atoms with Gasteiger partial charge in [0.2, 0.25) is 0 Å². The largest absolute Gasteiger partial charge is 0.481 e. The molecule has 9 heteroatoms. The highest BCUT2D eigenvalue weighted by atomic mass is 35.5. The second kappa shape index (κ2) is 10.5. The second-order valence-electron chi connectivity index (χ2n) is 8.47. The highest BCUT2D eigenvalue weighted by molar-refractivity contribution is 7.17. The average molecular weight is 512 g/mol. The Hall–Kier alpha value is -3.36. The van der Waals surface area contributed by atoms with Crippen LogP contribution >= 0.6 is 22.9 Å². The van der Waals surface area contributed by atoms with Crippen molar-refractivity contribution < 1.29 is 19.1 Å². The molecule has 182 valence electrons. The predicted molar refractivity (Wildman–Crippen MR) is 139 cm³/mol. The van der Waals surface area contributed by atoms with E-state index in [4.69, 9.17) is 22.1 Å². The zero-order valence-corrected chi connectivity index (χ0v) is 21.0. The molecule has 7 nitrogen and oxygen atoms in total. The minimum atomic E-state index is -0.773. The van der Waals surface area contributed by atoms with Crippen LogP contribution in [0.1, 0.15) is 56.5 Å². The molecule has 4 N–H and O–H groups in total. The van der Waals surface area contributed by atoms with Crippen LogP contribution in [0.5, 0.6) is 5.75 Å². The predicted octanol–water partition coefficient (Wildman–Crippen LogP) is 5.35. The Kier molecular flexibility index (Phi) is 7.42. The lowest BCUT2D eigenvalue weighted by Crippen LogP contribution is -2.30. The van der Waals surface area contributed by atoms with Crippen molar-refractivity contribution in [1.29, 1.82) is 0 Å². The van der Waals surface area contributed by atoms with Crippen LogP contribution in [0, 0.1) is 6.92 Å². The summed E-state index contributed by atoms with van der Waals surface area (Å²) in [7, 11) is 0. The van der Waals surface area contributed by atoms with E-state index < -0.39 is 12.0 Å². The first-order valence-corrected chi connectivity index (χ1v) is 12.5. The highest BCUT2D eigenvalue weighted by Gasteiger charge is 2.25. The highest BCUT2D eigenvalue weighted by Crippen LogP contribution is 2.38. The number of rotatable bonds is 7. The van der Waals surface area contributed by atoms with Gasteiger partial charge < -0.3 is 21.1 Å². The third-order valence-corrected chi connectivity index (χ3v) is 7.50. The number of amides is 3. The van der Waals surface area contributed by atoms with E-state index in [1.807, 2.05) is 13.0 Å². The van der Waals surface area contributed by atoms with Gasteiger partial charge in [0.25, 0.3) is 17.7 Å². The lowest BCUT2D eigenvalue weighted by atomic mass is 9.95. The summed E-state index contributed by atoms with van der Waals surface area (Å²) in [6.45, 7) is 3.52. The fourth-order valence-electron chi connectivity index (χ4n) is 3.95. The van der Waals surface area contributed by atoms with Crippen molar-refractivity contribution >= 4 is 51.3 Å². The van der Waals surface area contributed by atoms with Gasteiger partial charge in [-0.1, -0.05) is 17.7 Å². The first kappa shape index (κ1) is 24.8. The van der Waals surface area contributed by atoms with Crippen LogP contribution in [-0.2, 0) is 17.6 Å². The Balaban J connectivity index is 1.39. The number of thiophene rings is 1. The first-order valence-electron chi connectivity index (χ1n) is 11.3. The Labute approximate surface area is 212 Å². The molecule has 0 saturated carbocycles. The first-order chi connectivity index (χ1) is 16.7. The van der Waals surface area contributed by atoms with Gasteiger partial charge in [0.15, 0.2) is 6.10 Å². The van der Waals surface area contributed by atoms with Crippen molar-refractivity contribution in [2.24, 2.45) is 5.73 Å². The van der Waals surface area contributed by atoms with E-state index in [-0.39, 0.29) is 11.8 Å². The van der Waals surface area contributed by atoms with E-state index in [1.165, 1.54) is 11.3 Å². The summed E-state index contributed by atoms with van der Waals surface area (Å²) >= 11 is 7.53. The van der Waals surface area contributed by atoms with E-state index in [1.54, 1.807) is 43.3 Å². The van der Waals surface area contributed by atoms with Crippen LogP contribution in [0.25, 0.3) is 0 Å². The fraction of sp³-hybridized carbons (Fsp3) is 0.269. The SMILES string of the molecule is Cc1ccc(NC(=O)[C@@H](C)Oc2ccc(C(=O)Nc3sc4c(c3C(N)=O)CCCC4)cc2)cc1Cl. The van der Waals surface area contributed by atoms with Gasteiger partial charge in [-0.3, -0.25) is 14.4 Å². The number of primary amides is 1. The monoisotopic (exact) mass is 511 g/mol. The normalized spacial score (nSPS) is 13.5. The van der Waals surface area contributed by atoms with Gasteiger partial charge in [-0.05, 0) is 87.1 Å². The van der Waals surface area contributed by atoms with Gasteiger partial charge in [0, 0.05) is 21.2 Å². The molecule has 1 aliphatic rings. The summed E-state index contributed by atoms with van der Waals surface area (Å²) < 4.78 is 5.73. The number of carbonyl (C=O) groups is 3. The fourth-order valence-corrected chi connectivity index (χ4v) is 5.42. The third-order valence-electron chi connectivity index (χ3n) is 5.88. The Morgan fingerprint density at radius 1 is 1.06 bits per heavy atom. The molecular weight excluding hydrogens is 486 g/mol. The maximum atomic E-state index is 12.8. The number of hydrogen-bond donors (Lipinski definition) is 3. The van der Waals surface area contributed by atoms with Crippen molar-refractivity contribution in [3.63, 3.8) is 0 Å². The van der Waals surface area contributed by atoms with Gasteiger partial charge >= 0.3 is 0 Å². The van der Waals surface area contributed by atoms with Crippen LogP contribution in [0.3, 0.4) is 0 Å². The third kappa shape index (κ3) is 5.66. The van der Waals surface area contributed by atoms with Gasteiger partial charge in [-0.25, -0.2) is 0 Å². The minimum absolute atomic E-state index is 0.326. The van der Waals surface area contributed by atoms with Crippen LogP contribution < -0.4 is 21.1 Å². The lowest BCUT2D eigenvalue weighted by Gasteiger charge is -2.15. The molecule has 0 unspecified atom stereocenters. The number of nitrogens with two attached hydrogens (primary N) is 1. The summed E-state index contributed by atoms with van der Waals surface area (Å²) in [4.78, 5) is 38.5. The van der Waals surface area contributed by atoms with E-state index in [9.17, 15) is 14.4 Å². The zero-order chi connectivity index (χ0) is 25.1. The number of anilines is 2. The molecule has 35 heavy (non-hydrogen) atoms. The number of fused-ring (bicyclic) bond motifs is 1. The zero-order valence-electron chi connectivity index (χ0n) is 19.4. The van der Waals surface area contributed by atoms with Crippen molar-refractivity contribution in [3.05, 3.63) is 74.6 Å². The van der Waals surface area contributed by atoms with E-state index in [0.717, 1.165) is 41.7 Å². The van der Waals surface area contributed by atoms with E-state index in [0.29, 0.717) is 32.6 Å². The molecule has 1 heterocycles. The van der Waals surface area contributed by atoms with Crippen LogP contribution in [0.15, 0.2) is 42.5 Å². The molecule has 0 radical (unpaired) electrons. The lowest BCUT2D eigenvalue weighted by molar-refractivity contribution is -0.122. The van der Waals surface area contributed by atoms with Crippen LogP contribution in [0.4, 0.5) is 10.7 Å². The van der Waals surface area contributed by atoms with Crippen LogP contribution in [0.2, 0.25) is 5.02 Å². The van der Waals surface area contributed by atoms with Gasteiger partial charge in [0.1, 0.15) is 10.8 Å². The molecule has 0 fully saturated rings. The Morgan fingerprint density at radius 2 is 1.77 bits per heavy atom. The maximum Gasteiger partial charge on any atom is 0.265 e. The van der Waals surface area contributed by atoms with Crippen molar-refractivity contribution in [3.8, 4) is 5.75 Å². The molecule has 1 aromatic heterocycles. The molecular formula is C26H26ClN3O4S. The molecule has 4 rings (SSSR count). The summed E-state index contributed by atoms with van der Waals surface area (Å²) in [5.74, 6) is -0.758. The Bertz CT molecular complexity index is 1290. The second-order valence-corrected chi connectivity index (χ2v) is 9.98. The molecule has 3 aromatic rings. The summed E-state index contributed by atoms with van der Waals surface area (Å²) in [5.41, 5.74) is 8.90. The quantitative estimate of drug-likeness (QED) is 0.397. The van der Waals surface area contributed by atoms with Crippen molar-refractivity contribution in [2.75, 3.05) is 10.6 Å². The standard InChI is InChI=1S/C26H26ClN3O4S/c1-14-7-10-17(13-20(14)27)29-24(32)15(2)34-18-11-8-16(9-12-18)25(33)30-26-22(23(28)31)19-5-3-4-6-21(19)35-26/h7-13,15H,3-6H2,1-2H3,(H2,28,31)(H,29,32)(H,30,33)/t15-/m1/s1.